The number of rotatable bonds is 3. The number of benzene rings is 2. The van der Waals surface area contributed by atoms with E-state index in [2.05, 4.69) is 25.1 Å². The maximum absolute atomic E-state index is 10.5. The minimum absolute atomic E-state index is 0.0436. The van der Waals surface area contributed by atoms with Crippen molar-refractivity contribution in [2.24, 2.45) is 23.2 Å². The quantitative estimate of drug-likeness (QED) is 0.677. The molecule has 0 saturated heterocycles. The summed E-state index contributed by atoms with van der Waals surface area (Å²) in [4.78, 5) is 0. The van der Waals surface area contributed by atoms with Crippen molar-refractivity contribution in [3.05, 3.63) is 47.0 Å². The highest BCUT2D eigenvalue weighted by Gasteiger charge is 2.55. The van der Waals surface area contributed by atoms with Gasteiger partial charge in [-0.05, 0) is 114 Å². The molecule has 1 unspecified atom stereocenters. The molecule has 2 fully saturated rings. The Kier molecular flexibility index (Phi) is 4.82. The zero-order chi connectivity index (χ0) is 22.0. The maximum Gasteiger partial charge on any atom is 0.231 e. The lowest BCUT2D eigenvalue weighted by atomic mass is 9.53. The Morgan fingerprint density at radius 1 is 1.06 bits per heavy atom. The molecule has 0 aromatic heterocycles. The minimum Gasteiger partial charge on any atom is -0.454 e. The summed E-state index contributed by atoms with van der Waals surface area (Å²) in [6.45, 7) is 4.77. The highest BCUT2D eigenvalue weighted by Crippen LogP contribution is 2.63. The highest BCUT2D eigenvalue weighted by molar-refractivity contribution is 5.72. The van der Waals surface area contributed by atoms with Crippen LogP contribution in [0.4, 0.5) is 0 Å². The van der Waals surface area contributed by atoms with Crippen LogP contribution in [0.1, 0.15) is 68.6 Å². The number of aryl methyl sites for hydroxylation is 1. The van der Waals surface area contributed by atoms with Crippen LogP contribution in [-0.4, -0.2) is 23.1 Å². The Balaban J connectivity index is 1.39. The molecule has 2 aromatic rings. The van der Waals surface area contributed by atoms with E-state index in [-0.39, 0.29) is 24.9 Å². The largest absolute Gasteiger partial charge is 0.454 e. The van der Waals surface area contributed by atoms with Gasteiger partial charge in [-0.25, -0.2) is 0 Å². The first-order valence-electron chi connectivity index (χ1n) is 12.3. The Labute approximate surface area is 190 Å². The minimum atomic E-state index is -0.206. The van der Waals surface area contributed by atoms with Crippen molar-refractivity contribution in [1.82, 2.24) is 0 Å². The molecule has 170 valence electrons. The molecule has 4 heteroatoms. The van der Waals surface area contributed by atoms with E-state index in [1.165, 1.54) is 43.2 Å². The van der Waals surface area contributed by atoms with E-state index in [9.17, 15) is 10.2 Å². The van der Waals surface area contributed by atoms with Crippen LogP contribution in [0, 0.1) is 23.2 Å². The van der Waals surface area contributed by atoms with Crippen LogP contribution in [0.15, 0.2) is 30.3 Å². The number of aliphatic hydroxyl groups excluding tert-OH is 2. The zero-order valence-electron chi connectivity index (χ0n) is 19.1. The van der Waals surface area contributed by atoms with Crippen LogP contribution in [0.5, 0.6) is 11.5 Å². The van der Waals surface area contributed by atoms with E-state index >= 15 is 0 Å². The molecule has 4 aliphatic rings. The predicted molar refractivity (Wildman–Crippen MR) is 124 cm³/mol. The lowest BCUT2D eigenvalue weighted by Crippen LogP contribution is -2.44. The fourth-order valence-electron chi connectivity index (χ4n) is 7.97. The van der Waals surface area contributed by atoms with E-state index in [4.69, 9.17) is 9.47 Å². The maximum atomic E-state index is 10.5. The second kappa shape index (κ2) is 7.50. The molecular weight excluding hydrogens is 400 g/mol. The van der Waals surface area contributed by atoms with Crippen molar-refractivity contribution >= 4 is 0 Å². The molecule has 6 atom stereocenters. The van der Waals surface area contributed by atoms with Gasteiger partial charge >= 0.3 is 0 Å². The van der Waals surface area contributed by atoms with E-state index in [0.29, 0.717) is 23.7 Å². The summed E-state index contributed by atoms with van der Waals surface area (Å²) in [6.07, 6.45) is 6.95. The van der Waals surface area contributed by atoms with Gasteiger partial charge in [-0.15, -0.1) is 0 Å². The van der Waals surface area contributed by atoms with Crippen LogP contribution in [0.3, 0.4) is 0 Å². The molecule has 4 nitrogen and oxygen atoms in total. The molecule has 0 bridgehead atoms. The van der Waals surface area contributed by atoms with Gasteiger partial charge < -0.3 is 19.7 Å². The van der Waals surface area contributed by atoms with Crippen molar-refractivity contribution in [2.75, 3.05) is 6.79 Å². The monoisotopic (exact) mass is 434 g/mol. The molecule has 0 spiro atoms. The first kappa shape index (κ1) is 20.6. The highest BCUT2D eigenvalue weighted by atomic mass is 16.7. The average Bonchev–Trinajstić information content (AvgIpc) is 3.41. The van der Waals surface area contributed by atoms with Crippen LogP contribution < -0.4 is 9.47 Å². The van der Waals surface area contributed by atoms with E-state index < -0.39 is 0 Å². The van der Waals surface area contributed by atoms with Gasteiger partial charge in [-0.1, -0.05) is 25.1 Å². The lowest BCUT2D eigenvalue weighted by molar-refractivity contribution is -0.0180. The van der Waals surface area contributed by atoms with E-state index in [0.717, 1.165) is 34.6 Å². The molecular formula is C28H34O4. The van der Waals surface area contributed by atoms with Gasteiger partial charge in [0.15, 0.2) is 11.5 Å². The van der Waals surface area contributed by atoms with Gasteiger partial charge in [0, 0.05) is 0 Å². The third-order valence-corrected chi connectivity index (χ3v) is 9.46. The molecule has 0 amide bonds. The Hall–Kier alpha value is -2.04. The van der Waals surface area contributed by atoms with Crippen LogP contribution in [0.25, 0.3) is 11.1 Å². The third-order valence-electron chi connectivity index (χ3n) is 9.46. The standard InChI is InChI=1S/C28H34O4/c1-16(30)24-6-7-25-21-5-3-17-11-19(14-29)22(13-23(17)20(21)9-10-28(24,25)2)18-4-8-26-27(12-18)32-15-31-26/h4,8,11-13,16,20-21,24-25,29-30H,3,5-7,9-10,14-15H2,1-2H3/t16?,20-,21+,24+,25-,28+/m0/s1. The van der Waals surface area contributed by atoms with E-state index in [1.54, 1.807) is 0 Å². The van der Waals surface area contributed by atoms with Gasteiger partial charge in [0.05, 0.1) is 12.7 Å². The lowest BCUT2D eigenvalue weighted by Gasteiger charge is -2.51. The smallest absolute Gasteiger partial charge is 0.231 e. The molecule has 2 N–H and O–H groups in total. The Bertz CT molecular complexity index is 1040. The van der Waals surface area contributed by atoms with E-state index in [1.807, 2.05) is 19.1 Å². The number of ether oxygens (including phenoxy) is 2. The van der Waals surface area contributed by atoms with Crippen molar-refractivity contribution in [3.63, 3.8) is 0 Å². The number of hydrogen-bond donors (Lipinski definition) is 2. The van der Waals surface area contributed by atoms with Crippen LogP contribution in [0.2, 0.25) is 0 Å². The normalized spacial score (nSPS) is 33.4. The van der Waals surface area contributed by atoms with Crippen LogP contribution >= 0.6 is 0 Å². The fourth-order valence-corrected chi connectivity index (χ4v) is 7.97. The molecule has 1 heterocycles. The molecule has 2 aromatic carbocycles. The fraction of sp³-hybridized carbons (Fsp3) is 0.571. The summed E-state index contributed by atoms with van der Waals surface area (Å²) in [6, 6.07) is 10.7. The molecule has 2 saturated carbocycles. The van der Waals surface area contributed by atoms with Crippen molar-refractivity contribution in [2.45, 2.75) is 71.0 Å². The number of fused-ring (bicyclic) bond motifs is 6. The summed E-state index contributed by atoms with van der Waals surface area (Å²) in [5.41, 5.74) is 6.39. The summed E-state index contributed by atoms with van der Waals surface area (Å²) in [7, 11) is 0. The second-order valence-corrected chi connectivity index (χ2v) is 10.8. The zero-order valence-corrected chi connectivity index (χ0v) is 19.1. The first-order chi connectivity index (χ1) is 15.5. The number of hydrogen-bond acceptors (Lipinski definition) is 4. The van der Waals surface area contributed by atoms with Gasteiger partial charge in [0.2, 0.25) is 6.79 Å². The molecule has 6 rings (SSSR count). The molecule has 0 radical (unpaired) electrons. The Morgan fingerprint density at radius 2 is 1.91 bits per heavy atom. The van der Waals surface area contributed by atoms with Crippen molar-refractivity contribution in [3.8, 4) is 22.6 Å². The summed E-state index contributed by atoms with van der Waals surface area (Å²) >= 11 is 0. The Morgan fingerprint density at radius 3 is 2.72 bits per heavy atom. The molecule has 1 aliphatic heterocycles. The third kappa shape index (κ3) is 2.95. The average molecular weight is 435 g/mol. The predicted octanol–water partition coefficient (Wildman–Crippen LogP) is 5.43. The second-order valence-electron chi connectivity index (χ2n) is 10.8. The van der Waals surface area contributed by atoms with Crippen molar-refractivity contribution in [1.29, 1.82) is 0 Å². The topological polar surface area (TPSA) is 58.9 Å². The summed E-state index contributed by atoms with van der Waals surface area (Å²) in [5, 5.41) is 20.6. The van der Waals surface area contributed by atoms with Crippen molar-refractivity contribution < 1.29 is 19.7 Å². The summed E-state index contributed by atoms with van der Waals surface area (Å²) in [5.74, 6) is 4.01. The first-order valence-corrected chi connectivity index (χ1v) is 12.3. The van der Waals surface area contributed by atoms with Gasteiger partial charge in [0.1, 0.15) is 0 Å². The van der Waals surface area contributed by atoms with Gasteiger partial charge in [-0.2, -0.15) is 0 Å². The van der Waals surface area contributed by atoms with Gasteiger partial charge in [0.25, 0.3) is 0 Å². The molecule has 32 heavy (non-hydrogen) atoms. The van der Waals surface area contributed by atoms with Gasteiger partial charge in [-0.3, -0.25) is 0 Å². The SMILES string of the molecule is CC(O)[C@H]1CC[C@H]2[C@@H]3CCc4cc(CO)c(-c5ccc6c(c5)OCO6)cc4[C@H]3CC[C@]12C. The molecule has 3 aliphatic carbocycles. The summed E-state index contributed by atoms with van der Waals surface area (Å²) < 4.78 is 11.1. The number of aliphatic hydroxyl groups is 2. The van der Waals surface area contributed by atoms with Crippen LogP contribution in [-0.2, 0) is 13.0 Å².